The largest absolute Gasteiger partial charge is 0.294 e. The number of rotatable bonds is 1. The van der Waals surface area contributed by atoms with Crippen molar-refractivity contribution < 1.29 is 4.79 Å². The van der Waals surface area contributed by atoms with Crippen LogP contribution in [0.1, 0.15) is 13.3 Å². The lowest BCUT2D eigenvalue weighted by Gasteiger charge is -1.69. The first-order chi connectivity index (χ1) is 2.27. The van der Waals surface area contributed by atoms with Crippen LogP contribution in [0.5, 0.6) is 0 Å². The van der Waals surface area contributed by atoms with Crippen LogP contribution in [0, 0.1) is 0 Å². The zero-order valence-electron chi connectivity index (χ0n) is 3.06. The highest BCUT2D eigenvalue weighted by atomic mass is 31.0. The molecule has 0 aliphatic heterocycles. The van der Waals surface area contributed by atoms with Crippen molar-refractivity contribution in [3.63, 3.8) is 0 Å². The van der Waals surface area contributed by atoms with Crippen molar-refractivity contribution >= 4 is 14.8 Å². The highest BCUT2D eigenvalue weighted by Crippen LogP contribution is 1.86. The average Bonchev–Trinajstić information content (AvgIpc) is 1.38. The van der Waals surface area contributed by atoms with Crippen LogP contribution in [-0.4, -0.2) is 5.52 Å². The molecule has 0 aromatic heterocycles. The second-order valence-corrected chi connectivity index (χ2v) is 1.25. The fourth-order valence-electron chi connectivity index (χ4n) is 0. The maximum Gasteiger partial charge on any atom is 0.164 e. The molecule has 0 aliphatic carbocycles. The van der Waals surface area contributed by atoms with E-state index in [1.165, 1.54) is 0 Å². The minimum atomic E-state index is -0.0509. The Hall–Kier alpha value is 0.100. The second-order valence-electron chi connectivity index (χ2n) is 0.747. The smallest absolute Gasteiger partial charge is 0.164 e. The third-order valence-electron chi connectivity index (χ3n) is 0.302. The summed E-state index contributed by atoms with van der Waals surface area (Å²) in [6.07, 6.45) is 0.531. The molecule has 0 saturated carbocycles. The normalized spacial score (nSPS) is 7.60. The van der Waals surface area contributed by atoms with E-state index in [-0.39, 0.29) is 5.52 Å². The van der Waals surface area contributed by atoms with Gasteiger partial charge in [0.25, 0.3) is 0 Å². The Labute approximate surface area is 34.0 Å². The van der Waals surface area contributed by atoms with Gasteiger partial charge in [-0.15, -0.1) is 0 Å². The van der Waals surface area contributed by atoms with Crippen molar-refractivity contribution in [1.82, 2.24) is 0 Å². The predicted octanol–water partition coefficient (Wildman–Crippen LogP) is 1.33. The van der Waals surface area contributed by atoms with Gasteiger partial charge in [0, 0.05) is 15.7 Å². The molecule has 0 fully saturated rings. The molecule has 5 heavy (non-hydrogen) atoms. The van der Waals surface area contributed by atoms with Gasteiger partial charge in [-0.1, -0.05) is 6.92 Å². The Morgan fingerprint density at radius 2 is 2.20 bits per heavy atom. The Morgan fingerprint density at radius 3 is 2.20 bits per heavy atom. The SMILES string of the molecule is CCC(=O)[P]. The van der Waals surface area contributed by atoms with Crippen LogP contribution in [0.25, 0.3) is 0 Å². The summed E-state index contributed by atoms with van der Waals surface area (Å²) in [5, 5.41) is 0. The van der Waals surface area contributed by atoms with Crippen LogP contribution in [0.15, 0.2) is 0 Å². The molecular formula is C3H5OP. The summed E-state index contributed by atoms with van der Waals surface area (Å²) >= 11 is 0. The van der Waals surface area contributed by atoms with Crippen LogP contribution >= 0.6 is 9.24 Å². The van der Waals surface area contributed by atoms with Gasteiger partial charge in [0.15, 0.2) is 5.52 Å². The van der Waals surface area contributed by atoms with E-state index in [1.807, 2.05) is 0 Å². The van der Waals surface area contributed by atoms with Gasteiger partial charge in [0.05, 0.1) is 0 Å². The Kier molecular flexibility index (Phi) is 2.39. The molecule has 2 radical (unpaired) electrons. The summed E-state index contributed by atoms with van der Waals surface area (Å²) in [6.45, 7) is 1.77. The van der Waals surface area contributed by atoms with E-state index < -0.39 is 0 Å². The summed E-state index contributed by atoms with van der Waals surface area (Å²) in [6, 6.07) is 0. The minimum absolute atomic E-state index is 0.0509. The van der Waals surface area contributed by atoms with Crippen molar-refractivity contribution in [2.24, 2.45) is 0 Å². The quantitative estimate of drug-likeness (QED) is 0.442. The maximum absolute atomic E-state index is 9.68. The molecule has 0 saturated heterocycles. The van der Waals surface area contributed by atoms with E-state index in [0.29, 0.717) is 6.42 Å². The first kappa shape index (κ1) is 5.10. The molecule has 0 amide bonds. The van der Waals surface area contributed by atoms with Crippen molar-refractivity contribution in [2.75, 3.05) is 0 Å². The van der Waals surface area contributed by atoms with Crippen molar-refractivity contribution in [3.05, 3.63) is 0 Å². The summed E-state index contributed by atoms with van der Waals surface area (Å²) in [5.41, 5.74) is -0.0509. The molecule has 1 nitrogen and oxygen atoms in total. The van der Waals surface area contributed by atoms with Crippen LogP contribution in [-0.2, 0) is 4.79 Å². The molecule has 0 N–H and O–H groups in total. The lowest BCUT2D eigenvalue weighted by atomic mass is 10.6. The second kappa shape index (κ2) is 2.34. The Balaban J connectivity index is 2.85. The molecule has 0 unspecified atom stereocenters. The van der Waals surface area contributed by atoms with Crippen LogP contribution < -0.4 is 0 Å². The van der Waals surface area contributed by atoms with E-state index in [9.17, 15) is 4.79 Å². The van der Waals surface area contributed by atoms with E-state index in [4.69, 9.17) is 0 Å². The highest BCUT2D eigenvalue weighted by Gasteiger charge is 1.79. The number of carbonyl (C=O) groups is 1. The molecule has 0 rings (SSSR count). The van der Waals surface area contributed by atoms with Gasteiger partial charge < -0.3 is 0 Å². The third-order valence-corrected chi connectivity index (χ3v) is 0.619. The molecule has 0 aromatic rings. The Morgan fingerprint density at radius 1 is 2.00 bits per heavy atom. The third kappa shape index (κ3) is 4.10. The molecule has 0 spiro atoms. The van der Waals surface area contributed by atoms with E-state index in [0.717, 1.165) is 0 Å². The van der Waals surface area contributed by atoms with Gasteiger partial charge in [-0.3, -0.25) is 4.79 Å². The van der Waals surface area contributed by atoms with Gasteiger partial charge in [-0.05, 0) is 0 Å². The highest BCUT2D eigenvalue weighted by molar-refractivity contribution is 7.39. The first-order valence-electron chi connectivity index (χ1n) is 1.49. The van der Waals surface area contributed by atoms with Gasteiger partial charge in [-0.2, -0.15) is 0 Å². The number of hydrogen-bond acceptors (Lipinski definition) is 1. The van der Waals surface area contributed by atoms with Crippen LogP contribution in [0.4, 0.5) is 0 Å². The van der Waals surface area contributed by atoms with Crippen LogP contribution in [0.2, 0.25) is 0 Å². The van der Waals surface area contributed by atoms with E-state index >= 15 is 0 Å². The summed E-state index contributed by atoms with van der Waals surface area (Å²) in [5.74, 6) is 0. The number of carbonyl (C=O) groups excluding carboxylic acids is 1. The summed E-state index contributed by atoms with van der Waals surface area (Å²) in [4.78, 5) is 9.68. The van der Waals surface area contributed by atoms with Gasteiger partial charge in [0.1, 0.15) is 0 Å². The molecule has 0 bridgehead atoms. The maximum atomic E-state index is 9.68. The van der Waals surface area contributed by atoms with Gasteiger partial charge in [-0.25, -0.2) is 0 Å². The lowest BCUT2D eigenvalue weighted by molar-refractivity contribution is -0.110. The lowest BCUT2D eigenvalue weighted by Crippen LogP contribution is -1.73. The molecule has 2 heteroatoms. The summed E-state index contributed by atoms with van der Waals surface area (Å²) in [7, 11) is 3.46. The van der Waals surface area contributed by atoms with E-state index in [1.54, 1.807) is 6.92 Å². The van der Waals surface area contributed by atoms with Gasteiger partial charge >= 0.3 is 0 Å². The van der Waals surface area contributed by atoms with E-state index in [2.05, 4.69) is 9.24 Å². The predicted molar refractivity (Wildman–Crippen MR) is 22.2 cm³/mol. The van der Waals surface area contributed by atoms with Crippen molar-refractivity contribution in [2.45, 2.75) is 13.3 Å². The zero-order valence-corrected chi connectivity index (χ0v) is 3.96. The number of hydrogen-bond donors (Lipinski definition) is 0. The fraction of sp³-hybridized carbons (Fsp3) is 0.667. The molecule has 0 heterocycles. The molecule has 0 atom stereocenters. The average molecular weight is 88.0 g/mol. The minimum Gasteiger partial charge on any atom is -0.294 e. The summed E-state index contributed by atoms with van der Waals surface area (Å²) < 4.78 is 0. The fourth-order valence-corrected chi connectivity index (χ4v) is 0. The molecule has 0 aliphatic rings. The Bertz CT molecular complexity index is 42.2. The molecule has 0 aromatic carbocycles. The van der Waals surface area contributed by atoms with Gasteiger partial charge in [0.2, 0.25) is 0 Å². The standard InChI is InChI=1S/C3H5OP/c1-2-3(4)5/h2H2,1H3. The van der Waals surface area contributed by atoms with Crippen molar-refractivity contribution in [1.29, 1.82) is 0 Å². The van der Waals surface area contributed by atoms with Crippen molar-refractivity contribution in [3.8, 4) is 0 Å². The monoisotopic (exact) mass is 88.0 g/mol. The van der Waals surface area contributed by atoms with Crippen LogP contribution in [0.3, 0.4) is 0 Å². The molecule has 28 valence electrons. The molecular weight excluding hydrogens is 83.0 g/mol. The first-order valence-corrected chi connectivity index (χ1v) is 1.94. The zero-order chi connectivity index (χ0) is 4.28. The topological polar surface area (TPSA) is 17.1 Å².